The molecule has 6 nitrogen and oxygen atoms in total. The SMILES string of the molecule is CCCNC(=O)c1ccc(Nc2ccc(OC)c(OC)c2)cn1. The molecular weight excluding hydrogens is 294 g/mol. The van der Waals surface area contributed by atoms with Crippen molar-refractivity contribution in [1.82, 2.24) is 10.3 Å². The smallest absolute Gasteiger partial charge is 0.269 e. The van der Waals surface area contributed by atoms with Crippen LogP contribution in [0.1, 0.15) is 23.8 Å². The lowest BCUT2D eigenvalue weighted by Crippen LogP contribution is -2.24. The number of ether oxygens (including phenoxy) is 2. The Balaban J connectivity index is 2.07. The van der Waals surface area contributed by atoms with Crippen molar-refractivity contribution in [2.75, 3.05) is 26.1 Å². The van der Waals surface area contributed by atoms with E-state index >= 15 is 0 Å². The van der Waals surface area contributed by atoms with E-state index in [9.17, 15) is 4.79 Å². The van der Waals surface area contributed by atoms with Crippen LogP contribution in [-0.4, -0.2) is 31.7 Å². The summed E-state index contributed by atoms with van der Waals surface area (Å²) in [6.45, 7) is 2.65. The number of nitrogens with one attached hydrogen (secondary N) is 2. The molecule has 0 aliphatic heterocycles. The lowest BCUT2D eigenvalue weighted by atomic mass is 10.2. The predicted octanol–water partition coefficient (Wildman–Crippen LogP) is 2.98. The van der Waals surface area contributed by atoms with Gasteiger partial charge in [0.2, 0.25) is 0 Å². The Kier molecular flexibility index (Phi) is 5.80. The van der Waals surface area contributed by atoms with E-state index < -0.39 is 0 Å². The second kappa shape index (κ2) is 8.03. The third kappa shape index (κ3) is 4.35. The van der Waals surface area contributed by atoms with E-state index in [0.717, 1.165) is 17.8 Å². The van der Waals surface area contributed by atoms with Gasteiger partial charge in [-0.2, -0.15) is 0 Å². The number of pyridine rings is 1. The highest BCUT2D eigenvalue weighted by Crippen LogP contribution is 2.30. The van der Waals surface area contributed by atoms with E-state index in [2.05, 4.69) is 15.6 Å². The first-order valence-corrected chi connectivity index (χ1v) is 7.41. The largest absolute Gasteiger partial charge is 0.493 e. The van der Waals surface area contributed by atoms with Crippen molar-refractivity contribution in [2.45, 2.75) is 13.3 Å². The Labute approximate surface area is 135 Å². The van der Waals surface area contributed by atoms with Crippen LogP contribution in [0.3, 0.4) is 0 Å². The molecule has 0 atom stereocenters. The fourth-order valence-corrected chi connectivity index (χ4v) is 2.01. The molecule has 0 aliphatic carbocycles. The second-order valence-corrected chi connectivity index (χ2v) is 4.88. The first-order valence-electron chi connectivity index (χ1n) is 7.41. The van der Waals surface area contributed by atoms with Crippen molar-refractivity contribution in [3.8, 4) is 11.5 Å². The average Bonchev–Trinajstić information content (AvgIpc) is 2.60. The van der Waals surface area contributed by atoms with Crippen LogP contribution < -0.4 is 20.1 Å². The molecule has 0 radical (unpaired) electrons. The highest BCUT2D eigenvalue weighted by atomic mass is 16.5. The fraction of sp³-hybridized carbons (Fsp3) is 0.294. The van der Waals surface area contributed by atoms with Crippen molar-refractivity contribution in [3.05, 3.63) is 42.2 Å². The maximum absolute atomic E-state index is 11.8. The summed E-state index contributed by atoms with van der Waals surface area (Å²) in [5.41, 5.74) is 2.02. The molecule has 2 aromatic rings. The van der Waals surface area contributed by atoms with Gasteiger partial charge in [0.1, 0.15) is 5.69 Å². The summed E-state index contributed by atoms with van der Waals surface area (Å²) in [6, 6.07) is 9.03. The highest BCUT2D eigenvalue weighted by molar-refractivity contribution is 5.92. The normalized spacial score (nSPS) is 10.0. The van der Waals surface area contributed by atoms with Gasteiger partial charge in [-0.05, 0) is 30.7 Å². The summed E-state index contributed by atoms with van der Waals surface area (Å²) in [7, 11) is 3.18. The Bertz CT molecular complexity index is 657. The molecule has 0 unspecified atom stereocenters. The lowest BCUT2D eigenvalue weighted by Gasteiger charge is -2.11. The van der Waals surface area contributed by atoms with E-state index in [1.165, 1.54) is 0 Å². The van der Waals surface area contributed by atoms with Crippen LogP contribution in [0.2, 0.25) is 0 Å². The summed E-state index contributed by atoms with van der Waals surface area (Å²) >= 11 is 0. The molecule has 1 aromatic heterocycles. The number of rotatable bonds is 7. The standard InChI is InChI=1S/C17H21N3O3/c1-4-9-18-17(21)14-7-5-13(11-19-14)20-12-6-8-15(22-2)16(10-12)23-3/h5-8,10-11,20H,4,9H2,1-3H3,(H,18,21). The number of methoxy groups -OCH3 is 2. The van der Waals surface area contributed by atoms with E-state index in [4.69, 9.17) is 9.47 Å². The van der Waals surface area contributed by atoms with Crippen LogP contribution in [0, 0.1) is 0 Å². The van der Waals surface area contributed by atoms with Crippen LogP contribution in [-0.2, 0) is 0 Å². The molecule has 23 heavy (non-hydrogen) atoms. The summed E-state index contributed by atoms with van der Waals surface area (Å²) in [4.78, 5) is 16.0. The molecule has 1 heterocycles. The summed E-state index contributed by atoms with van der Waals surface area (Å²) in [5.74, 6) is 1.14. The van der Waals surface area contributed by atoms with Crippen molar-refractivity contribution >= 4 is 17.3 Å². The predicted molar refractivity (Wildman–Crippen MR) is 89.7 cm³/mol. The zero-order valence-electron chi connectivity index (χ0n) is 13.6. The van der Waals surface area contributed by atoms with Gasteiger partial charge in [-0.25, -0.2) is 4.98 Å². The number of aromatic nitrogens is 1. The van der Waals surface area contributed by atoms with Gasteiger partial charge in [0.05, 0.1) is 26.1 Å². The zero-order valence-corrected chi connectivity index (χ0v) is 13.6. The summed E-state index contributed by atoms with van der Waals surface area (Å²) < 4.78 is 10.5. The van der Waals surface area contributed by atoms with Crippen molar-refractivity contribution in [2.24, 2.45) is 0 Å². The van der Waals surface area contributed by atoms with Crippen LogP contribution in [0.4, 0.5) is 11.4 Å². The minimum atomic E-state index is -0.162. The maximum Gasteiger partial charge on any atom is 0.269 e. The van der Waals surface area contributed by atoms with Gasteiger partial charge in [-0.15, -0.1) is 0 Å². The molecule has 1 aromatic carbocycles. The zero-order chi connectivity index (χ0) is 16.7. The summed E-state index contributed by atoms with van der Waals surface area (Å²) in [6.07, 6.45) is 2.52. The molecule has 2 N–H and O–H groups in total. The first-order chi connectivity index (χ1) is 11.2. The van der Waals surface area contributed by atoms with Gasteiger partial charge < -0.3 is 20.1 Å². The van der Waals surface area contributed by atoms with Crippen LogP contribution in [0.5, 0.6) is 11.5 Å². The number of anilines is 2. The van der Waals surface area contributed by atoms with Gasteiger partial charge in [0.25, 0.3) is 5.91 Å². The van der Waals surface area contributed by atoms with Gasteiger partial charge in [0.15, 0.2) is 11.5 Å². The van der Waals surface area contributed by atoms with E-state index in [1.807, 2.05) is 31.2 Å². The van der Waals surface area contributed by atoms with Crippen molar-refractivity contribution in [1.29, 1.82) is 0 Å². The van der Waals surface area contributed by atoms with Gasteiger partial charge >= 0.3 is 0 Å². The van der Waals surface area contributed by atoms with Crippen molar-refractivity contribution < 1.29 is 14.3 Å². The van der Waals surface area contributed by atoms with Gasteiger partial charge in [-0.1, -0.05) is 6.92 Å². The quantitative estimate of drug-likeness (QED) is 0.822. The molecule has 6 heteroatoms. The molecule has 0 saturated carbocycles. The number of carbonyl (C=O) groups excluding carboxylic acids is 1. The topological polar surface area (TPSA) is 72.5 Å². The second-order valence-electron chi connectivity index (χ2n) is 4.88. The number of amides is 1. The number of carbonyl (C=O) groups is 1. The molecule has 0 bridgehead atoms. The lowest BCUT2D eigenvalue weighted by molar-refractivity contribution is 0.0949. The van der Waals surface area contributed by atoms with Crippen LogP contribution >= 0.6 is 0 Å². The van der Waals surface area contributed by atoms with E-state index in [1.54, 1.807) is 26.5 Å². The third-order valence-electron chi connectivity index (χ3n) is 3.20. The molecule has 0 spiro atoms. The molecule has 0 aliphatic rings. The monoisotopic (exact) mass is 315 g/mol. The molecule has 2 rings (SSSR count). The fourth-order valence-electron chi connectivity index (χ4n) is 2.01. The van der Waals surface area contributed by atoms with E-state index in [0.29, 0.717) is 23.7 Å². The number of benzene rings is 1. The molecule has 0 fully saturated rings. The van der Waals surface area contributed by atoms with Crippen molar-refractivity contribution in [3.63, 3.8) is 0 Å². The van der Waals surface area contributed by atoms with Crippen LogP contribution in [0.15, 0.2) is 36.5 Å². The number of hydrogen-bond acceptors (Lipinski definition) is 5. The average molecular weight is 315 g/mol. The van der Waals surface area contributed by atoms with E-state index in [-0.39, 0.29) is 5.91 Å². The Morgan fingerprint density at radius 1 is 1.09 bits per heavy atom. The molecule has 122 valence electrons. The molecule has 0 saturated heterocycles. The number of nitrogens with zero attached hydrogens (tertiary/aromatic N) is 1. The highest BCUT2D eigenvalue weighted by Gasteiger charge is 2.07. The first kappa shape index (κ1) is 16.6. The Morgan fingerprint density at radius 3 is 2.43 bits per heavy atom. The van der Waals surface area contributed by atoms with Gasteiger partial charge in [-0.3, -0.25) is 4.79 Å². The molecular formula is C17H21N3O3. The van der Waals surface area contributed by atoms with Crippen LogP contribution in [0.25, 0.3) is 0 Å². The molecule has 1 amide bonds. The third-order valence-corrected chi connectivity index (χ3v) is 3.20. The minimum absolute atomic E-state index is 0.162. The Morgan fingerprint density at radius 2 is 1.83 bits per heavy atom. The maximum atomic E-state index is 11.8. The number of hydrogen-bond donors (Lipinski definition) is 2. The minimum Gasteiger partial charge on any atom is -0.493 e. The Hall–Kier alpha value is -2.76. The summed E-state index contributed by atoms with van der Waals surface area (Å²) in [5, 5.41) is 6.00. The van der Waals surface area contributed by atoms with Gasteiger partial charge in [0, 0.05) is 18.3 Å².